The molecule has 4 amide bonds. The van der Waals surface area contributed by atoms with Crippen LogP contribution in [0.1, 0.15) is 40.2 Å². The van der Waals surface area contributed by atoms with Crippen LogP contribution < -0.4 is 15.1 Å². The molecule has 56 heavy (non-hydrogen) atoms. The smallest absolute Gasteiger partial charge is 0.339 e. The maximum Gasteiger partial charge on any atom is 0.339 e. The van der Waals surface area contributed by atoms with Gasteiger partial charge >= 0.3 is 5.97 Å². The van der Waals surface area contributed by atoms with E-state index in [2.05, 4.69) is 37.3 Å². The third-order valence-electron chi connectivity index (χ3n) is 11.4. The Morgan fingerprint density at radius 3 is 2.27 bits per heavy atom. The number of imide groups is 2. The number of methoxy groups -OCH3 is 1. The van der Waals surface area contributed by atoms with Crippen LogP contribution in [0.25, 0.3) is 0 Å². The number of aromatic hydroxyl groups is 2. The Hall–Kier alpha value is -5.25. The van der Waals surface area contributed by atoms with Gasteiger partial charge in [0.1, 0.15) is 17.1 Å². The second-order valence-electron chi connectivity index (χ2n) is 14.0. The van der Waals surface area contributed by atoms with Crippen molar-refractivity contribution in [1.29, 1.82) is 0 Å². The first-order chi connectivity index (χ1) is 26.7. The Balaban J connectivity index is 1.35. The monoisotopic (exact) mass is 907 g/mol. The summed E-state index contributed by atoms with van der Waals surface area (Å²) >= 11 is 13.5. The number of carbonyl (C=O) groups excluding carboxylic acids is 4. The first-order valence-corrected chi connectivity index (χ1v) is 19.2. The third kappa shape index (κ3) is 5.45. The van der Waals surface area contributed by atoms with Crippen LogP contribution in [-0.4, -0.2) is 57.0 Å². The van der Waals surface area contributed by atoms with Gasteiger partial charge in [0.15, 0.2) is 11.5 Å². The summed E-state index contributed by atoms with van der Waals surface area (Å²) in [7, 11) is 1.36. The predicted octanol–water partition coefficient (Wildman–Crippen LogP) is 7.31. The fourth-order valence-electron chi connectivity index (χ4n) is 9.07. The van der Waals surface area contributed by atoms with E-state index in [0.29, 0.717) is 26.2 Å². The molecule has 0 radical (unpaired) electrons. The zero-order valence-corrected chi connectivity index (χ0v) is 32.9. The average Bonchev–Trinajstić information content (AvgIpc) is 3.55. The number of halogens is 4. The number of ether oxygens (including phenoxy) is 1. The molecule has 4 aromatic rings. The number of nitrogens with zero attached hydrogens (tertiary/aromatic N) is 2. The molecule has 2 aliphatic carbocycles. The lowest BCUT2D eigenvalue weighted by Gasteiger charge is -2.51. The van der Waals surface area contributed by atoms with E-state index in [4.69, 9.17) is 16.3 Å². The lowest BCUT2D eigenvalue weighted by Crippen LogP contribution is -2.53. The highest BCUT2D eigenvalue weighted by Crippen LogP contribution is 2.65. The minimum atomic E-state index is -1.71. The van der Waals surface area contributed by atoms with Crippen molar-refractivity contribution >= 4 is 84.4 Å². The molecular weight excluding hydrogens is 881 g/mol. The number of hydrogen-bond donors (Lipinski definition) is 4. The van der Waals surface area contributed by atoms with Crippen molar-refractivity contribution in [1.82, 2.24) is 5.01 Å². The Morgan fingerprint density at radius 2 is 1.62 bits per heavy atom. The Bertz CT molecular complexity index is 2430. The molecule has 0 spiro atoms. The lowest BCUT2D eigenvalue weighted by molar-refractivity contribution is -0.138. The molecule has 6 atom stereocenters. The summed E-state index contributed by atoms with van der Waals surface area (Å²) in [5.74, 6) is -10.1. The van der Waals surface area contributed by atoms with Gasteiger partial charge in [-0.25, -0.2) is 14.1 Å². The quantitative estimate of drug-likeness (QED) is 0.109. The number of hydrogen-bond acceptors (Lipinski definition) is 9. The largest absolute Gasteiger partial charge is 0.507 e. The molecule has 16 heteroatoms. The molecule has 2 aliphatic heterocycles. The van der Waals surface area contributed by atoms with Crippen LogP contribution in [0.3, 0.4) is 0 Å². The second-order valence-corrected chi connectivity index (χ2v) is 16.1. The number of carboxylic acids is 1. The van der Waals surface area contributed by atoms with Gasteiger partial charge in [-0.15, -0.1) is 0 Å². The highest BCUT2D eigenvalue weighted by atomic mass is 79.9. The summed E-state index contributed by atoms with van der Waals surface area (Å²) in [6.45, 7) is 0. The Morgan fingerprint density at radius 1 is 0.929 bits per heavy atom. The highest BCUT2D eigenvalue weighted by molar-refractivity contribution is 9.13. The van der Waals surface area contributed by atoms with E-state index in [-0.39, 0.29) is 40.2 Å². The van der Waals surface area contributed by atoms with Crippen LogP contribution in [0.5, 0.6) is 17.2 Å². The number of amides is 4. The summed E-state index contributed by atoms with van der Waals surface area (Å²) in [4.78, 5) is 71.5. The number of rotatable bonds is 7. The molecule has 1 saturated carbocycles. The number of hydrazine groups is 1. The number of phenols is 2. The van der Waals surface area contributed by atoms with E-state index in [1.807, 2.05) is 6.08 Å². The van der Waals surface area contributed by atoms with Gasteiger partial charge in [0.2, 0.25) is 11.8 Å². The molecule has 4 aliphatic rings. The van der Waals surface area contributed by atoms with Gasteiger partial charge in [0, 0.05) is 21.5 Å². The summed E-state index contributed by atoms with van der Waals surface area (Å²) < 4.78 is 20.0. The van der Waals surface area contributed by atoms with E-state index in [9.17, 15) is 38.9 Å². The van der Waals surface area contributed by atoms with Crippen LogP contribution in [0.15, 0.2) is 93.4 Å². The summed E-state index contributed by atoms with van der Waals surface area (Å²) in [6.07, 6.45) is 1.85. The number of carboxylic acid groups (broad SMARTS) is 1. The predicted molar refractivity (Wildman–Crippen MR) is 207 cm³/mol. The summed E-state index contributed by atoms with van der Waals surface area (Å²) in [5, 5.41) is 32.2. The number of phenolic OH excluding ortho intramolecular Hbond substituents is 1. The summed E-state index contributed by atoms with van der Waals surface area (Å²) in [6, 6.07) is 16.7. The van der Waals surface area contributed by atoms with Crippen molar-refractivity contribution in [3.05, 3.63) is 121 Å². The highest BCUT2D eigenvalue weighted by Gasteiger charge is 2.70. The summed E-state index contributed by atoms with van der Waals surface area (Å²) in [5.41, 5.74) is 2.46. The number of nitrogens with one attached hydrogen (secondary N) is 1. The number of allylic oxidation sites excluding steroid dienone is 2. The molecular formula is C40H29Br2ClFN3O9. The van der Waals surface area contributed by atoms with Crippen LogP contribution in [0.2, 0.25) is 5.02 Å². The molecule has 6 unspecified atom stereocenters. The van der Waals surface area contributed by atoms with E-state index in [1.165, 1.54) is 37.4 Å². The van der Waals surface area contributed by atoms with Gasteiger partial charge in [-0.3, -0.25) is 24.6 Å². The number of fused-ring (bicyclic) bond motifs is 4. The maximum atomic E-state index is 15.4. The van der Waals surface area contributed by atoms with Gasteiger partial charge in [-0.1, -0.05) is 35.4 Å². The van der Waals surface area contributed by atoms with Gasteiger partial charge in [-0.05, 0) is 116 Å². The van der Waals surface area contributed by atoms with Crippen molar-refractivity contribution in [3.63, 3.8) is 0 Å². The topological polar surface area (TPSA) is 174 Å². The molecule has 286 valence electrons. The molecule has 4 aromatic carbocycles. The van der Waals surface area contributed by atoms with E-state index in [0.717, 1.165) is 22.0 Å². The van der Waals surface area contributed by atoms with Crippen molar-refractivity contribution in [3.8, 4) is 17.2 Å². The van der Waals surface area contributed by atoms with Crippen molar-refractivity contribution in [2.45, 2.75) is 24.2 Å². The van der Waals surface area contributed by atoms with Crippen LogP contribution >= 0.6 is 43.5 Å². The molecule has 0 aromatic heterocycles. The average molecular weight is 910 g/mol. The zero-order valence-electron chi connectivity index (χ0n) is 29.0. The standard InChI is InChI=1S/C40H29Br2ClFN3O9/c1-56-29-16-26(32(41)33(42)34(29)49)31-22-12-13-24-30(37(52)46(35(24)50)21-10-11-23(38(53)54)28(48)14-21)25(22)15-27-36(51)47(45-20-8-6-19(44)7-9-20)39(55)40(27,31)17-2-4-18(43)5-3-17/h2-12,14,16,24-25,27,30-31,45,48-49H,13,15H2,1H3,(H,53,54). The molecule has 3 fully saturated rings. The Labute approximate surface area is 339 Å². The first-order valence-electron chi connectivity index (χ1n) is 17.3. The zero-order chi connectivity index (χ0) is 40.0. The SMILES string of the molecule is COc1cc(C2C3=CCC4C(=O)N(c5ccc(C(=O)O)c(O)c5)C(=O)C4C3CC3C(=O)N(Nc4ccc(F)cc4)C(=O)C32c2ccc(Cl)cc2)c(Br)c(Br)c1O. The second kappa shape index (κ2) is 13.7. The van der Waals surface area contributed by atoms with E-state index in [1.54, 1.807) is 30.3 Å². The van der Waals surface area contributed by atoms with Gasteiger partial charge < -0.3 is 20.1 Å². The normalized spacial score (nSPS) is 25.4. The molecule has 12 nitrogen and oxygen atoms in total. The molecule has 0 bridgehead atoms. The number of carbonyl (C=O) groups is 5. The van der Waals surface area contributed by atoms with Crippen LogP contribution in [-0.2, 0) is 24.6 Å². The molecule has 8 rings (SSSR count). The fraction of sp³-hybridized carbons (Fsp3) is 0.225. The van der Waals surface area contributed by atoms with Crippen molar-refractivity contribution in [2.24, 2.45) is 23.7 Å². The molecule has 4 N–H and O–H groups in total. The minimum Gasteiger partial charge on any atom is -0.507 e. The van der Waals surface area contributed by atoms with Gasteiger partial charge in [-0.2, -0.15) is 5.01 Å². The number of benzene rings is 4. The lowest BCUT2D eigenvalue weighted by atomic mass is 9.49. The number of aromatic carboxylic acids is 1. The minimum absolute atomic E-state index is 0.0157. The third-order valence-corrected chi connectivity index (χ3v) is 13.8. The molecule has 2 saturated heterocycles. The van der Waals surface area contributed by atoms with E-state index < -0.39 is 81.7 Å². The van der Waals surface area contributed by atoms with Crippen LogP contribution in [0, 0.1) is 29.5 Å². The van der Waals surface area contributed by atoms with Gasteiger partial charge in [0.05, 0.1) is 46.1 Å². The number of anilines is 2. The van der Waals surface area contributed by atoms with Crippen LogP contribution in [0.4, 0.5) is 15.8 Å². The van der Waals surface area contributed by atoms with E-state index >= 15 is 4.79 Å². The molecule has 2 heterocycles. The van der Waals surface area contributed by atoms with Gasteiger partial charge in [0.25, 0.3) is 11.8 Å². The van der Waals surface area contributed by atoms with Crippen molar-refractivity contribution in [2.75, 3.05) is 17.4 Å². The first kappa shape index (κ1) is 37.7. The Kier molecular flexibility index (Phi) is 9.24. The van der Waals surface area contributed by atoms with Crippen molar-refractivity contribution < 1.29 is 48.4 Å². The maximum absolute atomic E-state index is 15.4. The fourth-order valence-corrected chi connectivity index (χ4v) is 10.2.